The van der Waals surface area contributed by atoms with Crippen LogP contribution in [0.1, 0.15) is 5.56 Å². The molecule has 44 heavy (non-hydrogen) atoms. The summed E-state index contributed by atoms with van der Waals surface area (Å²) in [6, 6.07) is 13.4. The summed E-state index contributed by atoms with van der Waals surface area (Å²) in [5, 5.41) is 8.58. The number of aromatic nitrogens is 6. The molecule has 3 aromatic heterocycles. The lowest BCUT2D eigenvalue weighted by atomic mass is 10.2. The Morgan fingerprint density at radius 2 is 1.93 bits per heavy atom. The second-order valence-corrected chi connectivity index (χ2v) is 18.2. The highest BCUT2D eigenvalue weighted by molar-refractivity contribution is 6.76. The summed E-state index contributed by atoms with van der Waals surface area (Å²) < 4.78 is 27.8. The summed E-state index contributed by atoms with van der Waals surface area (Å²) in [6.45, 7) is 12.2. The number of nitrogens with zero attached hydrogens (tertiary/aromatic N) is 6. The molecule has 13 heteroatoms. The van der Waals surface area contributed by atoms with Gasteiger partial charge in [-0.05, 0) is 48.0 Å². The minimum Gasteiger partial charge on any atom is -0.379 e. The number of ether oxygens (including phenoxy) is 2. The van der Waals surface area contributed by atoms with E-state index in [0.29, 0.717) is 41.4 Å². The number of nitrogens with one attached hydrogen (secondary N) is 2. The number of benzene rings is 2. The Balaban J connectivity index is 1.29. The van der Waals surface area contributed by atoms with Gasteiger partial charge in [-0.25, -0.2) is 24.0 Å². The summed E-state index contributed by atoms with van der Waals surface area (Å²) in [5.41, 5.74) is 4.47. The minimum absolute atomic E-state index is 0.218. The van der Waals surface area contributed by atoms with Gasteiger partial charge in [0.1, 0.15) is 18.4 Å². The largest absolute Gasteiger partial charge is 0.379 e. The minimum atomic E-state index is -1.22. The maximum absolute atomic E-state index is 14.6. The molecule has 5 aromatic rings. The number of anilines is 2. The fourth-order valence-corrected chi connectivity index (χ4v) is 5.86. The average Bonchev–Trinajstić information content (AvgIpc) is 3.60. The second-order valence-electron chi connectivity index (χ2n) is 12.1. The summed E-state index contributed by atoms with van der Waals surface area (Å²) >= 11 is 6.12. The van der Waals surface area contributed by atoms with Crippen molar-refractivity contribution in [3.8, 4) is 22.9 Å². The molecule has 1 saturated heterocycles. The maximum Gasteiger partial charge on any atom is 0.164 e. The van der Waals surface area contributed by atoms with Crippen LogP contribution in [0.4, 0.5) is 15.9 Å². The number of hydrogen-bond acceptors (Lipinski definition) is 8. The first-order valence-electron chi connectivity index (χ1n) is 14.7. The zero-order valence-electron chi connectivity index (χ0n) is 25.1. The van der Waals surface area contributed by atoms with Crippen LogP contribution in [0, 0.1) is 5.82 Å². The number of H-pyrrole nitrogens is 1. The van der Waals surface area contributed by atoms with Crippen LogP contribution in [0.15, 0.2) is 54.9 Å². The maximum atomic E-state index is 14.6. The predicted molar refractivity (Wildman–Crippen MR) is 173 cm³/mol. The number of fused-ring (bicyclic) bond motifs is 1. The van der Waals surface area contributed by atoms with Crippen molar-refractivity contribution in [1.29, 1.82) is 0 Å². The standard InChI is InChI=1S/C31H36ClFN8O2Si/c1-44(2,3)15-14-43-20-41-19-27(35-28-8-9-34-30(38-28)23-17-22(32)5-6-24(23)33)29(39-41)31-36-25-7-4-21(16-26(25)37-31)18-40-10-12-42-13-11-40/h4-9,16-17,19H,10-15,18,20H2,1-3H3,(H,36,37)(H,34,35,38). The Kier molecular flexibility index (Phi) is 9.05. The number of halogens is 2. The van der Waals surface area contributed by atoms with Gasteiger partial charge < -0.3 is 19.8 Å². The Labute approximate surface area is 261 Å². The van der Waals surface area contributed by atoms with E-state index in [1.54, 1.807) is 16.9 Å². The van der Waals surface area contributed by atoms with Crippen molar-refractivity contribution in [2.45, 2.75) is 39.0 Å². The summed E-state index contributed by atoms with van der Waals surface area (Å²) in [5.74, 6) is 0.849. The second kappa shape index (κ2) is 13.1. The Morgan fingerprint density at radius 3 is 2.75 bits per heavy atom. The number of rotatable bonds is 11. The van der Waals surface area contributed by atoms with E-state index in [1.807, 2.05) is 6.20 Å². The van der Waals surface area contributed by atoms with Gasteiger partial charge in [-0.3, -0.25) is 4.90 Å². The molecule has 0 spiro atoms. The molecule has 0 aliphatic carbocycles. The van der Waals surface area contributed by atoms with Gasteiger partial charge in [-0.2, -0.15) is 5.10 Å². The zero-order chi connectivity index (χ0) is 30.7. The van der Waals surface area contributed by atoms with Crippen LogP contribution >= 0.6 is 11.6 Å². The normalized spacial score (nSPS) is 14.4. The molecule has 6 rings (SSSR count). The van der Waals surface area contributed by atoms with Crippen molar-refractivity contribution in [2.75, 3.05) is 38.2 Å². The van der Waals surface area contributed by atoms with E-state index < -0.39 is 13.9 Å². The molecule has 1 aliphatic rings. The fourth-order valence-electron chi connectivity index (χ4n) is 4.93. The molecule has 0 amide bonds. The molecule has 1 aliphatic heterocycles. The Bertz CT molecular complexity index is 1750. The summed E-state index contributed by atoms with van der Waals surface area (Å²) in [4.78, 5) is 19.6. The van der Waals surface area contributed by atoms with Gasteiger partial charge in [0.05, 0.1) is 41.7 Å². The van der Waals surface area contributed by atoms with Gasteiger partial charge in [0.25, 0.3) is 0 Å². The van der Waals surface area contributed by atoms with E-state index in [4.69, 9.17) is 31.2 Å². The van der Waals surface area contributed by atoms with E-state index in [2.05, 4.69) is 63.0 Å². The predicted octanol–water partition coefficient (Wildman–Crippen LogP) is 6.56. The van der Waals surface area contributed by atoms with Crippen LogP contribution in [0.3, 0.4) is 0 Å². The molecule has 4 heterocycles. The van der Waals surface area contributed by atoms with Gasteiger partial charge in [-0.15, -0.1) is 0 Å². The van der Waals surface area contributed by atoms with Crippen LogP contribution in [-0.4, -0.2) is 75.6 Å². The Hall–Kier alpha value is -3.68. The smallest absolute Gasteiger partial charge is 0.164 e. The molecule has 0 radical (unpaired) electrons. The number of imidazole rings is 1. The third-order valence-corrected chi connectivity index (χ3v) is 9.29. The molecular formula is C31H36ClFN8O2Si. The number of morpholine rings is 1. The molecule has 0 unspecified atom stereocenters. The monoisotopic (exact) mass is 634 g/mol. The van der Waals surface area contributed by atoms with Crippen molar-refractivity contribution in [3.05, 3.63) is 71.3 Å². The van der Waals surface area contributed by atoms with E-state index in [9.17, 15) is 4.39 Å². The van der Waals surface area contributed by atoms with Gasteiger partial charge in [-0.1, -0.05) is 37.3 Å². The van der Waals surface area contributed by atoms with Crippen molar-refractivity contribution in [3.63, 3.8) is 0 Å². The summed E-state index contributed by atoms with van der Waals surface area (Å²) in [7, 11) is -1.22. The van der Waals surface area contributed by atoms with Crippen molar-refractivity contribution < 1.29 is 13.9 Å². The van der Waals surface area contributed by atoms with E-state index in [-0.39, 0.29) is 11.4 Å². The molecule has 2 N–H and O–H groups in total. The van der Waals surface area contributed by atoms with Crippen LogP contribution in [0.5, 0.6) is 0 Å². The van der Waals surface area contributed by atoms with E-state index >= 15 is 0 Å². The first kappa shape index (κ1) is 30.3. The molecule has 0 saturated carbocycles. The van der Waals surface area contributed by atoms with Crippen molar-refractivity contribution in [2.24, 2.45) is 0 Å². The van der Waals surface area contributed by atoms with Crippen molar-refractivity contribution in [1.82, 2.24) is 34.6 Å². The van der Waals surface area contributed by atoms with Crippen LogP contribution < -0.4 is 5.32 Å². The summed E-state index contributed by atoms with van der Waals surface area (Å²) in [6.07, 6.45) is 3.44. The SMILES string of the molecule is C[Si](C)(C)CCOCn1cc(Nc2ccnc(-c3cc(Cl)ccc3F)n2)c(-c2nc3cc(CN4CCOCC4)ccc3[nH]2)n1. The average molecular weight is 635 g/mol. The number of hydrogen-bond donors (Lipinski definition) is 2. The highest BCUT2D eigenvalue weighted by atomic mass is 35.5. The fraction of sp³-hybridized carbons (Fsp3) is 0.355. The van der Waals surface area contributed by atoms with Crippen LogP contribution in [0.2, 0.25) is 30.7 Å². The van der Waals surface area contributed by atoms with Gasteiger partial charge in [0.15, 0.2) is 17.3 Å². The van der Waals surface area contributed by atoms with E-state index in [1.165, 1.54) is 23.8 Å². The first-order valence-corrected chi connectivity index (χ1v) is 18.8. The molecule has 0 atom stereocenters. The Morgan fingerprint density at radius 1 is 1.09 bits per heavy atom. The van der Waals surface area contributed by atoms with Crippen LogP contribution in [-0.2, 0) is 22.7 Å². The zero-order valence-corrected chi connectivity index (χ0v) is 26.9. The molecular weight excluding hydrogens is 599 g/mol. The molecule has 230 valence electrons. The lowest BCUT2D eigenvalue weighted by Crippen LogP contribution is -2.35. The topological polar surface area (TPSA) is 106 Å². The highest BCUT2D eigenvalue weighted by Crippen LogP contribution is 2.30. The molecule has 10 nitrogen and oxygen atoms in total. The third-order valence-electron chi connectivity index (χ3n) is 7.35. The van der Waals surface area contributed by atoms with E-state index in [0.717, 1.165) is 49.9 Å². The quantitative estimate of drug-likeness (QED) is 0.124. The van der Waals surface area contributed by atoms with Crippen LogP contribution in [0.25, 0.3) is 33.9 Å². The highest BCUT2D eigenvalue weighted by Gasteiger charge is 2.19. The lowest BCUT2D eigenvalue weighted by molar-refractivity contribution is 0.0342. The number of aromatic amines is 1. The molecule has 2 aromatic carbocycles. The lowest BCUT2D eigenvalue weighted by Gasteiger charge is -2.26. The van der Waals surface area contributed by atoms with Gasteiger partial charge >= 0.3 is 0 Å². The molecule has 0 bridgehead atoms. The third kappa shape index (κ3) is 7.51. The van der Waals surface area contributed by atoms with Crippen molar-refractivity contribution >= 4 is 42.2 Å². The van der Waals surface area contributed by atoms with Gasteiger partial charge in [0.2, 0.25) is 0 Å². The molecule has 1 fully saturated rings. The first-order chi connectivity index (χ1) is 21.2. The van der Waals surface area contributed by atoms with Gasteiger partial charge in [0, 0.05) is 45.5 Å².